The van der Waals surface area contributed by atoms with Crippen LogP contribution in [0, 0.1) is 10.1 Å². The van der Waals surface area contributed by atoms with Crippen LogP contribution in [-0.4, -0.2) is 14.5 Å². The molecule has 0 bridgehead atoms. The third kappa shape index (κ3) is 1.91. The van der Waals surface area contributed by atoms with Crippen LogP contribution in [-0.2, 0) is 13.2 Å². The lowest BCUT2D eigenvalue weighted by molar-refractivity contribution is -0.387. The van der Waals surface area contributed by atoms with Gasteiger partial charge in [0.2, 0.25) is 0 Å². The second kappa shape index (κ2) is 3.94. The minimum atomic E-state index is -4.76. The van der Waals surface area contributed by atoms with Crippen LogP contribution in [0.5, 0.6) is 0 Å². The lowest BCUT2D eigenvalue weighted by Crippen LogP contribution is -2.09. The molecule has 106 valence electrons. The maximum absolute atomic E-state index is 12.9. The molecule has 0 amide bonds. The quantitative estimate of drug-likeness (QED) is 0.627. The molecule has 0 N–H and O–H groups in total. The molecule has 0 aliphatic heterocycles. The molecule has 20 heavy (non-hydrogen) atoms. The van der Waals surface area contributed by atoms with Crippen LogP contribution in [0.4, 0.5) is 18.9 Å². The Morgan fingerprint density at radius 2 is 2.05 bits per heavy atom. The fourth-order valence-electron chi connectivity index (χ4n) is 2.33. The number of benzene rings is 1. The molecule has 1 saturated carbocycles. The predicted molar refractivity (Wildman–Crippen MR) is 64.3 cm³/mol. The van der Waals surface area contributed by atoms with Crippen molar-refractivity contribution in [3.05, 3.63) is 33.6 Å². The molecular formula is C12H10F3N3O2. The molecule has 2 aromatic rings. The third-order valence-electron chi connectivity index (χ3n) is 3.48. The van der Waals surface area contributed by atoms with Gasteiger partial charge in [0.1, 0.15) is 11.4 Å². The largest absolute Gasteiger partial charge is 0.423 e. The summed E-state index contributed by atoms with van der Waals surface area (Å²) in [6, 6.07) is 1.72. The van der Waals surface area contributed by atoms with E-state index in [1.54, 1.807) is 11.6 Å². The van der Waals surface area contributed by atoms with Crippen molar-refractivity contribution in [2.75, 3.05) is 0 Å². The molecule has 1 aromatic carbocycles. The van der Waals surface area contributed by atoms with E-state index in [1.165, 1.54) is 0 Å². The summed E-state index contributed by atoms with van der Waals surface area (Å²) in [6.45, 7) is 0. The molecule has 5 nitrogen and oxygen atoms in total. The van der Waals surface area contributed by atoms with Crippen molar-refractivity contribution < 1.29 is 18.1 Å². The van der Waals surface area contributed by atoms with Crippen molar-refractivity contribution >= 4 is 16.7 Å². The van der Waals surface area contributed by atoms with E-state index >= 15 is 0 Å². The van der Waals surface area contributed by atoms with Gasteiger partial charge < -0.3 is 4.57 Å². The van der Waals surface area contributed by atoms with Crippen LogP contribution >= 0.6 is 0 Å². The summed E-state index contributed by atoms with van der Waals surface area (Å²) in [5.41, 5.74) is -1.69. The van der Waals surface area contributed by atoms with Gasteiger partial charge in [0.05, 0.1) is 16.0 Å². The minimum absolute atomic E-state index is 0.231. The fraction of sp³-hybridized carbons (Fsp3) is 0.417. The van der Waals surface area contributed by atoms with Gasteiger partial charge in [0, 0.05) is 19.0 Å². The first-order chi connectivity index (χ1) is 9.29. The molecule has 8 heteroatoms. The summed E-state index contributed by atoms with van der Waals surface area (Å²) in [4.78, 5) is 14.0. The normalized spacial score (nSPS) is 15.8. The average molecular weight is 285 g/mol. The number of hydrogen-bond acceptors (Lipinski definition) is 3. The van der Waals surface area contributed by atoms with Gasteiger partial charge in [-0.2, -0.15) is 13.2 Å². The van der Waals surface area contributed by atoms with Crippen molar-refractivity contribution in [3.8, 4) is 0 Å². The molecule has 1 aliphatic rings. The average Bonchev–Trinajstić information content (AvgIpc) is 3.13. The zero-order valence-electron chi connectivity index (χ0n) is 10.4. The van der Waals surface area contributed by atoms with E-state index in [0.29, 0.717) is 5.82 Å². The molecule has 0 spiro atoms. The molecule has 0 unspecified atom stereocenters. The fourth-order valence-corrected chi connectivity index (χ4v) is 2.33. The van der Waals surface area contributed by atoms with Crippen molar-refractivity contribution in [2.24, 2.45) is 7.05 Å². The Morgan fingerprint density at radius 1 is 1.40 bits per heavy atom. The van der Waals surface area contributed by atoms with Gasteiger partial charge in [-0.3, -0.25) is 10.1 Å². The number of hydrogen-bond donors (Lipinski definition) is 0. The van der Waals surface area contributed by atoms with Crippen LogP contribution in [0.25, 0.3) is 11.0 Å². The second-order valence-corrected chi connectivity index (χ2v) is 4.92. The minimum Gasteiger partial charge on any atom is -0.331 e. The van der Waals surface area contributed by atoms with Crippen LogP contribution in [0.3, 0.4) is 0 Å². The lowest BCUT2D eigenvalue weighted by atomic mass is 10.1. The van der Waals surface area contributed by atoms with Crippen LogP contribution in [0.2, 0.25) is 0 Å². The number of nitro benzene ring substituents is 1. The van der Waals surface area contributed by atoms with Crippen molar-refractivity contribution in [1.82, 2.24) is 9.55 Å². The van der Waals surface area contributed by atoms with Crippen molar-refractivity contribution in [1.29, 1.82) is 0 Å². The smallest absolute Gasteiger partial charge is 0.331 e. The van der Waals surface area contributed by atoms with Gasteiger partial charge in [-0.05, 0) is 18.9 Å². The summed E-state index contributed by atoms with van der Waals surface area (Å²) in [5, 5.41) is 10.8. The zero-order chi connectivity index (χ0) is 14.7. The molecular weight excluding hydrogens is 275 g/mol. The molecule has 1 heterocycles. The number of nitrogens with zero attached hydrogens (tertiary/aromatic N) is 3. The summed E-state index contributed by atoms with van der Waals surface area (Å²) >= 11 is 0. The van der Waals surface area contributed by atoms with E-state index in [0.717, 1.165) is 25.0 Å². The number of rotatable bonds is 2. The Balaban J connectivity index is 2.29. The SMILES string of the molecule is Cn1c(C2CC2)nc2cc([N+](=O)[O-])c(C(F)(F)F)cc21. The Bertz CT molecular complexity index is 717. The number of fused-ring (bicyclic) bond motifs is 1. The number of aryl methyl sites for hydroxylation is 1. The highest BCUT2D eigenvalue weighted by Crippen LogP contribution is 2.42. The lowest BCUT2D eigenvalue weighted by Gasteiger charge is -2.08. The highest BCUT2D eigenvalue weighted by atomic mass is 19.4. The zero-order valence-corrected chi connectivity index (χ0v) is 10.4. The molecule has 1 aromatic heterocycles. The molecule has 0 atom stereocenters. The van der Waals surface area contributed by atoms with Gasteiger partial charge in [0.25, 0.3) is 5.69 Å². The van der Waals surface area contributed by atoms with Crippen molar-refractivity contribution in [2.45, 2.75) is 24.9 Å². The molecule has 1 aliphatic carbocycles. The van der Waals surface area contributed by atoms with Crippen LogP contribution < -0.4 is 0 Å². The van der Waals surface area contributed by atoms with Crippen LogP contribution in [0.1, 0.15) is 30.1 Å². The van der Waals surface area contributed by atoms with E-state index in [9.17, 15) is 23.3 Å². The number of alkyl halides is 3. The highest BCUT2D eigenvalue weighted by Gasteiger charge is 2.39. The van der Waals surface area contributed by atoms with E-state index in [2.05, 4.69) is 4.98 Å². The van der Waals surface area contributed by atoms with Crippen LogP contribution in [0.15, 0.2) is 12.1 Å². The molecule has 0 radical (unpaired) electrons. The second-order valence-electron chi connectivity index (χ2n) is 4.92. The first-order valence-corrected chi connectivity index (χ1v) is 6.01. The van der Waals surface area contributed by atoms with Gasteiger partial charge in [-0.25, -0.2) is 4.98 Å². The Morgan fingerprint density at radius 3 is 2.55 bits per heavy atom. The van der Waals surface area contributed by atoms with Gasteiger partial charge in [-0.15, -0.1) is 0 Å². The molecule has 3 rings (SSSR count). The predicted octanol–water partition coefficient (Wildman–Crippen LogP) is 3.38. The summed E-state index contributed by atoms with van der Waals surface area (Å²) in [5.74, 6) is 0.939. The third-order valence-corrected chi connectivity index (χ3v) is 3.48. The monoisotopic (exact) mass is 285 g/mol. The summed E-state index contributed by atoms with van der Waals surface area (Å²) in [7, 11) is 1.63. The summed E-state index contributed by atoms with van der Waals surface area (Å²) in [6.07, 6.45) is -2.86. The van der Waals surface area contributed by atoms with E-state index in [1.807, 2.05) is 0 Å². The topological polar surface area (TPSA) is 61.0 Å². The number of halogens is 3. The van der Waals surface area contributed by atoms with E-state index < -0.39 is 22.4 Å². The Kier molecular flexibility index (Phi) is 2.54. The number of nitro groups is 1. The van der Waals surface area contributed by atoms with E-state index in [-0.39, 0.29) is 17.0 Å². The first kappa shape index (κ1) is 12.9. The van der Waals surface area contributed by atoms with Gasteiger partial charge in [0.15, 0.2) is 0 Å². The highest BCUT2D eigenvalue weighted by molar-refractivity contribution is 5.81. The Hall–Kier alpha value is -2.12. The summed E-state index contributed by atoms with van der Waals surface area (Å²) < 4.78 is 40.3. The molecule has 0 saturated heterocycles. The van der Waals surface area contributed by atoms with Crippen molar-refractivity contribution in [3.63, 3.8) is 0 Å². The van der Waals surface area contributed by atoms with Gasteiger partial charge >= 0.3 is 6.18 Å². The Labute approximate surface area is 111 Å². The maximum Gasteiger partial charge on any atom is 0.423 e. The maximum atomic E-state index is 12.9. The van der Waals surface area contributed by atoms with Gasteiger partial charge in [-0.1, -0.05) is 0 Å². The molecule has 1 fully saturated rings. The van der Waals surface area contributed by atoms with E-state index in [4.69, 9.17) is 0 Å². The standard InChI is InChI=1S/C12H10F3N3O2/c1-17-10-4-7(12(13,14)15)9(18(19)20)5-8(10)16-11(17)6-2-3-6/h4-6H,2-3H2,1H3. The first-order valence-electron chi connectivity index (χ1n) is 6.01. The number of aromatic nitrogens is 2. The number of imidazole rings is 1.